The lowest BCUT2D eigenvalue weighted by Crippen LogP contribution is -2.28. The molecule has 0 aliphatic rings. The van der Waals surface area contributed by atoms with Crippen LogP contribution in [0.2, 0.25) is 4.34 Å². The van der Waals surface area contributed by atoms with Gasteiger partial charge in [-0.3, -0.25) is 0 Å². The highest BCUT2D eigenvalue weighted by Gasteiger charge is 2.21. The molecule has 1 heterocycles. The molecule has 1 aromatic heterocycles. The summed E-state index contributed by atoms with van der Waals surface area (Å²) in [5.74, 6) is -4.07. The Morgan fingerprint density at radius 3 is 2.27 bits per heavy atom. The molecule has 0 fully saturated rings. The molecule has 0 radical (unpaired) electrons. The standard InChI is InChI=1S/C15H15ClF3NOS/c1-2-11(13-3-4-14(16)22-13)20-12(7-21)8-5-9(17)15(19)10(18)6-8/h3-6,11-12,20-21H,2,7H2,1H3. The summed E-state index contributed by atoms with van der Waals surface area (Å²) in [6, 6.07) is 4.55. The lowest BCUT2D eigenvalue weighted by molar-refractivity contribution is 0.231. The maximum Gasteiger partial charge on any atom is 0.194 e. The van der Waals surface area contributed by atoms with E-state index in [-0.39, 0.29) is 18.2 Å². The second-order valence-corrected chi connectivity index (χ2v) is 6.55. The van der Waals surface area contributed by atoms with Gasteiger partial charge in [0.05, 0.1) is 17.0 Å². The van der Waals surface area contributed by atoms with Gasteiger partial charge in [-0.1, -0.05) is 18.5 Å². The van der Waals surface area contributed by atoms with Gasteiger partial charge in [0.25, 0.3) is 0 Å². The average Bonchev–Trinajstić information content (AvgIpc) is 2.92. The Hall–Kier alpha value is -1.08. The zero-order chi connectivity index (χ0) is 16.3. The molecule has 2 unspecified atom stereocenters. The lowest BCUT2D eigenvalue weighted by Gasteiger charge is -2.23. The maximum absolute atomic E-state index is 13.3. The van der Waals surface area contributed by atoms with Gasteiger partial charge < -0.3 is 10.4 Å². The molecule has 0 spiro atoms. The van der Waals surface area contributed by atoms with Crippen LogP contribution in [0.4, 0.5) is 13.2 Å². The minimum atomic E-state index is -1.52. The first-order valence-corrected chi connectivity index (χ1v) is 7.92. The van der Waals surface area contributed by atoms with Crippen molar-refractivity contribution in [1.82, 2.24) is 5.32 Å². The Kier molecular flexibility index (Phi) is 5.86. The van der Waals surface area contributed by atoms with Gasteiger partial charge in [-0.15, -0.1) is 11.3 Å². The topological polar surface area (TPSA) is 32.3 Å². The second-order valence-electron chi connectivity index (χ2n) is 4.80. The summed E-state index contributed by atoms with van der Waals surface area (Å²) in [7, 11) is 0. The Bertz CT molecular complexity index is 626. The van der Waals surface area contributed by atoms with E-state index in [1.807, 2.05) is 13.0 Å². The highest BCUT2D eigenvalue weighted by atomic mass is 35.5. The molecular formula is C15H15ClF3NOS. The number of rotatable bonds is 6. The van der Waals surface area contributed by atoms with Crippen LogP contribution in [-0.4, -0.2) is 11.7 Å². The summed E-state index contributed by atoms with van der Waals surface area (Å²) in [6.45, 7) is 1.56. The minimum Gasteiger partial charge on any atom is -0.394 e. The first-order valence-electron chi connectivity index (χ1n) is 6.72. The number of aliphatic hydroxyl groups is 1. The van der Waals surface area contributed by atoms with Crippen molar-refractivity contribution in [2.75, 3.05) is 6.61 Å². The summed E-state index contributed by atoms with van der Waals surface area (Å²) in [5.41, 5.74) is 0.153. The van der Waals surface area contributed by atoms with Crippen LogP contribution in [0.3, 0.4) is 0 Å². The molecule has 0 aliphatic heterocycles. The monoisotopic (exact) mass is 349 g/mol. The molecule has 2 N–H and O–H groups in total. The fourth-order valence-corrected chi connectivity index (χ4v) is 3.39. The number of aliphatic hydroxyl groups excluding tert-OH is 1. The molecule has 22 heavy (non-hydrogen) atoms. The van der Waals surface area contributed by atoms with Crippen molar-refractivity contribution in [3.8, 4) is 0 Å². The van der Waals surface area contributed by atoms with Gasteiger partial charge in [0.2, 0.25) is 0 Å². The number of halogens is 4. The van der Waals surface area contributed by atoms with Gasteiger partial charge in [-0.2, -0.15) is 0 Å². The third kappa shape index (κ3) is 3.81. The maximum atomic E-state index is 13.3. The summed E-state index contributed by atoms with van der Waals surface area (Å²) >= 11 is 7.30. The second kappa shape index (κ2) is 7.46. The summed E-state index contributed by atoms with van der Waals surface area (Å²) in [4.78, 5) is 0.953. The summed E-state index contributed by atoms with van der Waals surface area (Å²) in [6.07, 6.45) is 0.694. The molecule has 2 rings (SSSR count). The van der Waals surface area contributed by atoms with Crippen LogP contribution in [-0.2, 0) is 0 Å². The van der Waals surface area contributed by atoms with E-state index in [0.717, 1.165) is 17.0 Å². The third-order valence-electron chi connectivity index (χ3n) is 3.34. The van der Waals surface area contributed by atoms with Gasteiger partial charge in [0.1, 0.15) is 0 Å². The van der Waals surface area contributed by atoms with E-state index in [4.69, 9.17) is 11.6 Å². The van der Waals surface area contributed by atoms with E-state index in [1.165, 1.54) is 11.3 Å². The van der Waals surface area contributed by atoms with Gasteiger partial charge in [-0.05, 0) is 36.2 Å². The average molecular weight is 350 g/mol. The highest BCUT2D eigenvalue weighted by Crippen LogP contribution is 2.31. The molecule has 1 aromatic carbocycles. The van der Waals surface area contributed by atoms with Crippen molar-refractivity contribution in [2.24, 2.45) is 0 Å². The van der Waals surface area contributed by atoms with Crippen molar-refractivity contribution < 1.29 is 18.3 Å². The molecule has 0 bridgehead atoms. The first-order chi connectivity index (χ1) is 10.5. The molecule has 2 aromatic rings. The lowest BCUT2D eigenvalue weighted by atomic mass is 10.0. The quantitative estimate of drug-likeness (QED) is 0.747. The molecule has 2 atom stereocenters. The number of thiophene rings is 1. The normalized spacial score (nSPS) is 14.1. The van der Waals surface area contributed by atoms with Crippen LogP contribution in [0.15, 0.2) is 24.3 Å². The third-order valence-corrected chi connectivity index (χ3v) is 4.68. The predicted molar refractivity (Wildman–Crippen MR) is 81.6 cm³/mol. The zero-order valence-electron chi connectivity index (χ0n) is 11.7. The summed E-state index contributed by atoms with van der Waals surface area (Å²) in [5, 5.41) is 12.6. The van der Waals surface area contributed by atoms with Crippen molar-refractivity contribution >= 4 is 22.9 Å². The molecule has 120 valence electrons. The van der Waals surface area contributed by atoms with E-state index in [2.05, 4.69) is 5.32 Å². The van der Waals surface area contributed by atoms with Crippen molar-refractivity contribution in [3.63, 3.8) is 0 Å². The zero-order valence-corrected chi connectivity index (χ0v) is 13.3. The van der Waals surface area contributed by atoms with Crippen LogP contribution in [0.25, 0.3) is 0 Å². The minimum absolute atomic E-state index is 0.133. The van der Waals surface area contributed by atoms with Crippen LogP contribution in [0, 0.1) is 17.5 Å². The van der Waals surface area contributed by atoms with Gasteiger partial charge in [0.15, 0.2) is 17.5 Å². The van der Waals surface area contributed by atoms with Crippen LogP contribution >= 0.6 is 22.9 Å². The van der Waals surface area contributed by atoms with Gasteiger partial charge in [0, 0.05) is 10.9 Å². The van der Waals surface area contributed by atoms with E-state index in [0.29, 0.717) is 10.8 Å². The summed E-state index contributed by atoms with van der Waals surface area (Å²) < 4.78 is 40.3. The highest BCUT2D eigenvalue weighted by molar-refractivity contribution is 7.16. The molecule has 0 amide bonds. The van der Waals surface area contributed by atoms with Crippen molar-refractivity contribution in [1.29, 1.82) is 0 Å². The first kappa shape index (κ1) is 17.3. The Balaban J connectivity index is 2.24. The molecule has 0 saturated heterocycles. The van der Waals surface area contributed by atoms with Crippen LogP contribution in [0.1, 0.15) is 35.9 Å². The SMILES string of the molecule is CCC(NC(CO)c1cc(F)c(F)c(F)c1)c1ccc(Cl)s1. The Morgan fingerprint density at radius 2 is 1.82 bits per heavy atom. The number of benzene rings is 1. The molecule has 0 aliphatic carbocycles. The smallest absolute Gasteiger partial charge is 0.194 e. The fourth-order valence-electron chi connectivity index (χ4n) is 2.19. The Labute approximate surface area is 135 Å². The Morgan fingerprint density at radius 1 is 1.18 bits per heavy atom. The molecule has 2 nitrogen and oxygen atoms in total. The number of hydrogen-bond donors (Lipinski definition) is 2. The number of nitrogens with one attached hydrogen (secondary N) is 1. The van der Waals surface area contributed by atoms with Crippen molar-refractivity contribution in [2.45, 2.75) is 25.4 Å². The number of hydrogen-bond acceptors (Lipinski definition) is 3. The molecular weight excluding hydrogens is 335 g/mol. The van der Waals surface area contributed by atoms with Crippen molar-refractivity contribution in [3.05, 3.63) is 56.5 Å². The van der Waals surface area contributed by atoms with Crippen LogP contribution < -0.4 is 5.32 Å². The largest absolute Gasteiger partial charge is 0.394 e. The van der Waals surface area contributed by atoms with E-state index >= 15 is 0 Å². The fraction of sp³-hybridized carbons (Fsp3) is 0.333. The van der Waals surface area contributed by atoms with E-state index in [1.54, 1.807) is 6.07 Å². The van der Waals surface area contributed by atoms with E-state index < -0.39 is 23.5 Å². The molecule has 0 saturated carbocycles. The molecule has 7 heteroatoms. The predicted octanol–water partition coefficient (Wildman–Crippen LogP) is 4.59. The van der Waals surface area contributed by atoms with Crippen LogP contribution in [0.5, 0.6) is 0 Å². The van der Waals surface area contributed by atoms with Gasteiger partial charge >= 0.3 is 0 Å². The van der Waals surface area contributed by atoms with E-state index in [9.17, 15) is 18.3 Å². The van der Waals surface area contributed by atoms with Gasteiger partial charge in [-0.25, -0.2) is 13.2 Å².